The maximum atomic E-state index is 12.3. The lowest BCUT2D eigenvalue weighted by atomic mass is 10.2. The van der Waals surface area contributed by atoms with E-state index >= 15 is 0 Å². The van der Waals surface area contributed by atoms with Crippen LogP contribution < -0.4 is 10.9 Å². The fourth-order valence-corrected chi connectivity index (χ4v) is 3.32. The molecule has 0 spiro atoms. The molecule has 0 saturated heterocycles. The monoisotopic (exact) mass is 380 g/mol. The number of hydrazine groups is 1. The molecule has 2 N–H and O–H groups in total. The first-order valence-corrected chi connectivity index (χ1v) is 9.33. The molecule has 0 unspecified atom stereocenters. The van der Waals surface area contributed by atoms with Crippen molar-refractivity contribution in [1.82, 2.24) is 20.4 Å². The van der Waals surface area contributed by atoms with Crippen LogP contribution >= 0.6 is 11.8 Å². The van der Waals surface area contributed by atoms with E-state index < -0.39 is 5.25 Å². The van der Waals surface area contributed by atoms with Crippen LogP contribution in [0, 0.1) is 0 Å². The summed E-state index contributed by atoms with van der Waals surface area (Å²) in [6, 6.07) is 18.7. The number of imidazole rings is 1. The van der Waals surface area contributed by atoms with E-state index in [2.05, 4.69) is 15.8 Å². The van der Waals surface area contributed by atoms with Crippen LogP contribution in [0.4, 0.5) is 0 Å². The number of benzene rings is 2. The van der Waals surface area contributed by atoms with Gasteiger partial charge in [0.2, 0.25) is 0 Å². The van der Waals surface area contributed by atoms with Gasteiger partial charge in [0.25, 0.3) is 11.8 Å². The minimum atomic E-state index is -0.425. The molecule has 27 heavy (non-hydrogen) atoms. The molecular formula is C20H20N4O2S. The highest BCUT2D eigenvalue weighted by atomic mass is 32.2. The number of amides is 2. The largest absolute Gasteiger partial charge is 0.322 e. The number of aromatic nitrogens is 2. The third-order valence-electron chi connectivity index (χ3n) is 4.00. The van der Waals surface area contributed by atoms with Crippen LogP contribution in [0.3, 0.4) is 0 Å². The van der Waals surface area contributed by atoms with Crippen LogP contribution in [0.2, 0.25) is 0 Å². The number of nitrogens with one attached hydrogen (secondary N) is 2. The number of carbonyl (C=O) groups excluding carboxylic acids is 2. The highest BCUT2D eigenvalue weighted by Crippen LogP contribution is 2.27. The number of hydrogen-bond acceptors (Lipinski definition) is 4. The number of thioether (sulfide) groups is 1. The number of nitrogens with zero attached hydrogens (tertiary/aromatic N) is 2. The lowest BCUT2D eigenvalue weighted by molar-refractivity contribution is -0.121. The van der Waals surface area contributed by atoms with Crippen molar-refractivity contribution in [2.45, 2.75) is 17.3 Å². The molecule has 0 aliphatic carbocycles. The second-order valence-corrected chi connectivity index (χ2v) is 7.23. The van der Waals surface area contributed by atoms with Gasteiger partial charge in [0, 0.05) is 12.6 Å². The lowest BCUT2D eigenvalue weighted by Gasteiger charge is -2.13. The first-order valence-electron chi connectivity index (χ1n) is 8.45. The highest BCUT2D eigenvalue weighted by molar-refractivity contribution is 8.00. The molecule has 0 aliphatic heterocycles. The van der Waals surface area contributed by atoms with E-state index in [-0.39, 0.29) is 11.8 Å². The number of carbonyl (C=O) groups is 2. The molecule has 2 aromatic carbocycles. The summed E-state index contributed by atoms with van der Waals surface area (Å²) in [5.41, 5.74) is 7.41. The van der Waals surface area contributed by atoms with Crippen molar-refractivity contribution < 1.29 is 9.59 Å². The maximum Gasteiger partial charge on any atom is 0.269 e. The molecule has 2 amide bonds. The summed E-state index contributed by atoms with van der Waals surface area (Å²) < 4.78 is 1.95. The van der Waals surface area contributed by atoms with Crippen LogP contribution in [-0.2, 0) is 11.8 Å². The van der Waals surface area contributed by atoms with Crippen molar-refractivity contribution in [3.8, 4) is 11.3 Å². The van der Waals surface area contributed by atoms with Gasteiger partial charge < -0.3 is 4.57 Å². The van der Waals surface area contributed by atoms with Crippen molar-refractivity contribution in [1.29, 1.82) is 0 Å². The summed E-state index contributed by atoms with van der Waals surface area (Å²) in [6.07, 6.45) is 1.79. The molecule has 0 aliphatic rings. The SMILES string of the molecule is C[C@H](Sc1ncc(-c2ccccc2)n1C)C(=O)NNC(=O)c1ccccc1. The zero-order chi connectivity index (χ0) is 19.2. The van der Waals surface area contributed by atoms with E-state index in [9.17, 15) is 9.59 Å². The quantitative estimate of drug-likeness (QED) is 0.527. The second kappa shape index (κ2) is 8.55. The maximum absolute atomic E-state index is 12.3. The van der Waals surface area contributed by atoms with E-state index in [0.29, 0.717) is 5.56 Å². The predicted molar refractivity (Wildman–Crippen MR) is 106 cm³/mol. The van der Waals surface area contributed by atoms with Crippen LogP contribution in [0.25, 0.3) is 11.3 Å². The molecule has 3 aromatic rings. The average Bonchev–Trinajstić information content (AvgIpc) is 3.07. The van der Waals surface area contributed by atoms with Gasteiger partial charge in [0.05, 0.1) is 17.1 Å². The molecule has 1 atom stereocenters. The summed E-state index contributed by atoms with van der Waals surface area (Å²) in [7, 11) is 1.92. The molecule has 1 aromatic heterocycles. The van der Waals surface area contributed by atoms with Gasteiger partial charge in [-0.3, -0.25) is 20.4 Å². The fourth-order valence-electron chi connectivity index (χ4n) is 2.47. The Morgan fingerprint density at radius 1 is 1.00 bits per heavy atom. The fraction of sp³-hybridized carbons (Fsp3) is 0.150. The standard InChI is InChI=1S/C20H20N4O2S/c1-14(18(25)22-23-19(26)16-11-7-4-8-12-16)27-20-21-13-17(24(20)2)15-9-5-3-6-10-15/h3-14H,1-2H3,(H,22,25)(H,23,26)/t14-/m0/s1. The van der Waals surface area contributed by atoms with Gasteiger partial charge in [0.1, 0.15) is 0 Å². The third kappa shape index (κ3) is 4.57. The second-order valence-electron chi connectivity index (χ2n) is 5.92. The molecule has 0 fully saturated rings. The molecule has 138 valence electrons. The van der Waals surface area contributed by atoms with Gasteiger partial charge in [-0.25, -0.2) is 4.98 Å². The topological polar surface area (TPSA) is 76.0 Å². The Bertz CT molecular complexity index is 926. The van der Waals surface area contributed by atoms with E-state index in [0.717, 1.165) is 16.4 Å². The van der Waals surface area contributed by atoms with Gasteiger partial charge in [0.15, 0.2) is 5.16 Å². The summed E-state index contributed by atoms with van der Waals surface area (Å²) >= 11 is 1.33. The van der Waals surface area contributed by atoms with E-state index in [1.165, 1.54) is 11.8 Å². The minimum absolute atomic E-state index is 0.298. The third-order valence-corrected chi connectivity index (χ3v) is 5.16. The van der Waals surface area contributed by atoms with Crippen LogP contribution in [-0.4, -0.2) is 26.6 Å². The Morgan fingerprint density at radius 2 is 1.63 bits per heavy atom. The van der Waals surface area contributed by atoms with Crippen molar-refractivity contribution in [2.75, 3.05) is 0 Å². The van der Waals surface area contributed by atoms with Crippen molar-refractivity contribution in [2.24, 2.45) is 7.05 Å². The van der Waals surface area contributed by atoms with E-state index in [1.54, 1.807) is 37.4 Å². The minimum Gasteiger partial charge on any atom is -0.322 e. The summed E-state index contributed by atoms with van der Waals surface area (Å²) in [5, 5.41) is 0.302. The zero-order valence-electron chi connectivity index (χ0n) is 15.0. The first-order chi connectivity index (χ1) is 13.1. The van der Waals surface area contributed by atoms with Crippen LogP contribution in [0.15, 0.2) is 72.0 Å². The average molecular weight is 380 g/mol. The highest BCUT2D eigenvalue weighted by Gasteiger charge is 2.19. The van der Waals surface area contributed by atoms with Gasteiger partial charge in [-0.05, 0) is 24.6 Å². The van der Waals surface area contributed by atoms with Gasteiger partial charge >= 0.3 is 0 Å². The Kier molecular flexibility index (Phi) is 5.93. The zero-order valence-corrected chi connectivity index (χ0v) is 15.9. The molecule has 1 heterocycles. The molecule has 0 radical (unpaired) electrons. The Balaban J connectivity index is 1.59. The Labute approximate surface area is 162 Å². The van der Waals surface area contributed by atoms with Gasteiger partial charge in [-0.2, -0.15) is 0 Å². The van der Waals surface area contributed by atoms with Gasteiger partial charge in [-0.15, -0.1) is 0 Å². The van der Waals surface area contributed by atoms with Crippen LogP contribution in [0.5, 0.6) is 0 Å². The molecule has 0 bridgehead atoms. The lowest BCUT2D eigenvalue weighted by Crippen LogP contribution is -2.44. The van der Waals surface area contributed by atoms with Crippen LogP contribution in [0.1, 0.15) is 17.3 Å². The van der Waals surface area contributed by atoms with Crippen molar-refractivity contribution >= 4 is 23.6 Å². The van der Waals surface area contributed by atoms with Gasteiger partial charge in [-0.1, -0.05) is 60.3 Å². The van der Waals surface area contributed by atoms with E-state index in [1.807, 2.05) is 48.0 Å². The molecule has 7 heteroatoms. The number of hydrogen-bond donors (Lipinski definition) is 2. The Morgan fingerprint density at radius 3 is 2.30 bits per heavy atom. The molecule has 0 saturated carbocycles. The predicted octanol–water partition coefficient (Wildman–Crippen LogP) is 3.03. The summed E-state index contributed by atoms with van der Waals surface area (Å²) in [5.74, 6) is -0.655. The molecular weight excluding hydrogens is 360 g/mol. The van der Waals surface area contributed by atoms with Crippen molar-refractivity contribution in [3.05, 3.63) is 72.4 Å². The number of rotatable bonds is 5. The van der Waals surface area contributed by atoms with E-state index in [4.69, 9.17) is 0 Å². The molecule has 3 rings (SSSR count). The summed E-state index contributed by atoms with van der Waals surface area (Å²) in [4.78, 5) is 28.7. The molecule has 6 nitrogen and oxygen atoms in total. The Hall–Kier alpha value is -3.06. The normalized spacial score (nSPS) is 11.6. The summed E-state index contributed by atoms with van der Waals surface area (Å²) in [6.45, 7) is 1.77. The smallest absolute Gasteiger partial charge is 0.269 e. The van der Waals surface area contributed by atoms with Crippen molar-refractivity contribution in [3.63, 3.8) is 0 Å². The first kappa shape index (κ1) is 18.7.